The van der Waals surface area contributed by atoms with Gasteiger partial charge in [0.1, 0.15) is 17.7 Å². The van der Waals surface area contributed by atoms with Gasteiger partial charge in [0, 0.05) is 40.7 Å². The number of fused-ring (bicyclic) bond motifs is 4. The van der Waals surface area contributed by atoms with Gasteiger partial charge in [0.25, 0.3) is 0 Å². The number of rotatable bonds is 3. The van der Waals surface area contributed by atoms with Crippen LogP contribution in [0.5, 0.6) is 0 Å². The number of nitrogens with zero attached hydrogens (tertiary/aromatic N) is 2. The fourth-order valence-electron chi connectivity index (χ4n) is 4.97. The predicted octanol–water partition coefficient (Wildman–Crippen LogP) is 6.95. The predicted molar refractivity (Wildman–Crippen MR) is 150 cm³/mol. The molecule has 0 spiro atoms. The lowest BCUT2D eigenvalue weighted by atomic mass is 10.0. The second-order valence-corrected chi connectivity index (χ2v) is 10.7. The molecule has 0 aliphatic carbocycles. The van der Waals surface area contributed by atoms with Gasteiger partial charge in [-0.05, 0) is 43.2 Å². The van der Waals surface area contributed by atoms with Crippen molar-refractivity contribution < 1.29 is 28.2 Å². The first-order valence-electron chi connectivity index (χ1n) is 12.7. The van der Waals surface area contributed by atoms with Crippen LogP contribution in [-0.4, -0.2) is 46.6 Å². The number of cyclic esters (lactones) is 1. The summed E-state index contributed by atoms with van der Waals surface area (Å²) in [5.74, 6) is -0.233. The van der Waals surface area contributed by atoms with Gasteiger partial charge in [0.15, 0.2) is 0 Å². The van der Waals surface area contributed by atoms with Gasteiger partial charge in [-0.2, -0.15) is 0 Å². The summed E-state index contributed by atoms with van der Waals surface area (Å²) in [5, 5.41) is 5.47. The molecular weight excluding hydrogens is 609 g/mol. The van der Waals surface area contributed by atoms with E-state index >= 15 is 0 Å². The zero-order valence-electron chi connectivity index (χ0n) is 21.4. The Morgan fingerprint density at radius 3 is 2.85 bits per heavy atom. The molecule has 3 amide bonds. The minimum absolute atomic E-state index is 0.0448. The number of imidazole rings is 1. The highest BCUT2D eigenvalue weighted by molar-refractivity contribution is 9.10. The minimum Gasteiger partial charge on any atom is -0.453 e. The number of carbonyl (C=O) groups excluding carboxylic acids is 3. The number of H-pyrrole nitrogens is 1. The molecule has 0 radical (unpaired) electrons. The number of amides is 3. The van der Waals surface area contributed by atoms with Crippen molar-refractivity contribution in [1.29, 1.82) is 0 Å². The molecule has 2 aromatic carbocycles. The molecule has 3 heterocycles. The van der Waals surface area contributed by atoms with Gasteiger partial charge >= 0.3 is 12.2 Å². The molecular formula is C27H26BrClFN5O5. The van der Waals surface area contributed by atoms with Crippen molar-refractivity contribution in [3.63, 3.8) is 0 Å². The highest BCUT2D eigenvalue weighted by Crippen LogP contribution is 2.40. The van der Waals surface area contributed by atoms with Crippen LogP contribution in [0.3, 0.4) is 0 Å². The Morgan fingerprint density at radius 1 is 1.25 bits per heavy atom. The summed E-state index contributed by atoms with van der Waals surface area (Å²) in [6.07, 6.45) is 2.02. The fourth-order valence-corrected chi connectivity index (χ4v) is 5.69. The zero-order chi connectivity index (χ0) is 28.4. The Hall–Kier alpha value is -3.64. The summed E-state index contributed by atoms with van der Waals surface area (Å²) in [6.45, 7) is 0.308. The molecule has 13 heteroatoms. The molecule has 2 aliphatic heterocycles. The van der Waals surface area contributed by atoms with Crippen LogP contribution in [0.1, 0.15) is 55.6 Å². The van der Waals surface area contributed by atoms with E-state index in [1.165, 1.54) is 13.2 Å². The molecule has 10 nitrogen and oxygen atoms in total. The SMILES string of the molecule is COC(=O)Nc1ccc2c(c1)NC(=O)CCCCC(N1CCC(c3c(Br)ccc(Cl)c3F)OC1=O)c1ncc-2[nH]1. The molecule has 5 rings (SSSR count). The van der Waals surface area contributed by atoms with Crippen LogP contribution in [0.2, 0.25) is 5.02 Å². The quantitative estimate of drug-likeness (QED) is 0.268. The Labute approximate surface area is 242 Å². The van der Waals surface area contributed by atoms with Crippen molar-refractivity contribution in [3.05, 3.63) is 63.2 Å². The van der Waals surface area contributed by atoms with E-state index in [-0.39, 0.29) is 22.9 Å². The van der Waals surface area contributed by atoms with Crippen LogP contribution in [0, 0.1) is 5.82 Å². The number of aromatic nitrogens is 2. The average molecular weight is 635 g/mol. The second kappa shape index (κ2) is 11.8. The van der Waals surface area contributed by atoms with E-state index in [0.29, 0.717) is 65.2 Å². The van der Waals surface area contributed by atoms with Crippen LogP contribution in [0.25, 0.3) is 11.3 Å². The molecule has 1 fully saturated rings. The summed E-state index contributed by atoms with van der Waals surface area (Å²) in [6, 6.07) is 7.69. The van der Waals surface area contributed by atoms with Crippen molar-refractivity contribution in [1.82, 2.24) is 14.9 Å². The average Bonchev–Trinajstić information content (AvgIpc) is 3.41. The van der Waals surface area contributed by atoms with Gasteiger partial charge < -0.3 is 19.8 Å². The lowest BCUT2D eigenvalue weighted by Gasteiger charge is -2.37. The first-order valence-corrected chi connectivity index (χ1v) is 13.9. The fraction of sp³-hybridized carbons (Fsp3) is 0.333. The van der Waals surface area contributed by atoms with E-state index in [0.717, 1.165) is 0 Å². The molecule has 1 saturated heterocycles. The third-order valence-corrected chi connectivity index (χ3v) is 7.93. The van der Waals surface area contributed by atoms with Crippen LogP contribution >= 0.6 is 27.5 Å². The topological polar surface area (TPSA) is 126 Å². The molecule has 0 saturated carbocycles. The van der Waals surface area contributed by atoms with Gasteiger partial charge in [0.2, 0.25) is 5.91 Å². The zero-order valence-corrected chi connectivity index (χ0v) is 23.8. The maximum absolute atomic E-state index is 14.8. The Kier molecular flexibility index (Phi) is 8.27. The number of methoxy groups -OCH3 is 1. The van der Waals surface area contributed by atoms with E-state index in [9.17, 15) is 18.8 Å². The summed E-state index contributed by atoms with van der Waals surface area (Å²) in [7, 11) is 1.26. The number of ether oxygens (including phenoxy) is 2. The summed E-state index contributed by atoms with van der Waals surface area (Å²) in [5.41, 5.74) is 2.42. The van der Waals surface area contributed by atoms with Crippen molar-refractivity contribution >= 4 is 57.0 Å². The molecule has 210 valence electrons. The number of benzene rings is 2. The molecule has 2 unspecified atom stereocenters. The van der Waals surface area contributed by atoms with E-state index in [1.54, 1.807) is 35.4 Å². The number of hydrogen-bond acceptors (Lipinski definition) is 6. The highest BCUT2D eigenvalue weighted by atomic mass is 79.9. The second-order valence-electron chi connectivity index (χ2n) is 9.48. The number of carbonyl (C=O) groups is 3. The van der Waals surface area contributed by atoms with Crippen molar-refractivity contribution in [2.75, 3.05) is 24.3 Å². The third kappa shape index (κ3) is 5.78. The van der Waals surface area contributed by atoms with Crippen molar-refractivity contribution in [2.45, 2.75) is 44.2 Å². The molecule has 3 aromatic rings. The van der Waals surface area contributed by atoms with Crippen molar-refractivity contribution in [2.24, 2.45) is 0 Å². The number of halogens is 3. The highest BCUT2D eigenvalue weighted by Gasteiger charge is 2.37. The molecule has 40 heavy (non-hydrogen) atoms. The maximum Gasteiger partial charge on any atom is 0.411 e. The molecule has 1 aromatic heterocycles. The Balaban J connectivity index is 1.43. The van der Waals surface area contributed by atoms with E-state index in [1.807, 2.05) is 0 Å². The molecule has 2 atom stereocenters. The Bertz CT molecular complexity index is 1470. The largest absolute Gasteiger partial charge is 0.453 e. The van der Waals surface area contributed by atoms with Gasteiger partial charge in [-0.25, -0.2) is 19.0 Å². The number of nitrogens with one attached hydrogen (secondary N) is 3. The first-order chi connectivity index (χ1) is 19.2. The summed E-state index contributed by atoms with van der Waals surface area (Å²) < 4.78 is 25.6. The van der Waals surface area contributed by atoms with E-state index < -0.39 is 30.1 Å². The molecule has 3 N–H and O–H groups in total. The van der Waals surface area contributed by atoms with Crippen molar-refractivity contribution in [3.8, 4) is 11.3 Å². The van der Waals surface area contributed by atoms with E-state index in [2.05, 4.69) is 41.3 Å². The molecule has 2 aliphatic rings. The third-order valence-electron chi connectivity index (χ3n) is 6.95. The standard InChI is InChI=1S/C27H26BrClFN5O5/c1-39-26(37)32-14-6-7-15-18(12-14)33-22(36)5-3-2-4-20(25-31-13-19(15)34-25)35-11-10-21(40-27(35)38)23-16(28)8-9-17(29)24(23)30/h6-9,12-13,20-21H,2-5,10-11H2,1H3,(H,31,34)(H,32,37)(H,33,36). The van der Waals surface area contributed by atoms with Crippen LogP contribution in [0.4, 0.5) is 25.4 Å². The van der Waals surface area contributed by atoms with Crippen LogP contribution < -0.4 is 10.6 Å². The van der Waals surface area contributed by atoms with Crippen LogP contribution in [0.15, 0.2) is 41.0 Å². The first kappa shape index (κ1) is 27.9. The number of aromatic amines is 1. The van der Waals surface area contributed by atoms with Crippen LogP contribution in [-0.2, 0) is 14.3 Å². The summed E-state index contributed by atoms with van der Waals surface area (Å²) in [4.78, 5) is 47.1. The Morgan fingerprint density at radius 2 is 2.08 bits per heavy atom. The maximum atomic E-state index is 14.8. The van der Waals surface area contributed by atoms with E-state index in [4.69, 9.17) is 16.3 Å². The summed E-state index contributed by atoms with van der Waals surface area (Å²) >= 11 is 9.32. The van der Waals surface area contributed by atoms with Gasteiger partial charge in [-0.1, -0.05) is 34.0 Å². The minimum atomic E-state index is -0.793. The number of hydrogen-bond donors (Lipinski definition) is 3. The van der Waals surface area contributed by atoms with Gasteiger partial charge in [-0.3, -0.25) is 15.0 Å². The lowest BCUT2D eigenvalue weighted by Crippen LogP contribution is -2.42. The molecule has 2 bridgehead atoms. The smallest absolute Gasteiger partial charge is 0.411 e. The lowest BCUT2D eigenvalue weighted by molar-refractivity contribution is -0.116. The van der Waals surface area contributed by atoms with Gasteiger partial charge in [0.05, 0.1) is 35.8 Å². The van der Waals surface area contributed by atoms with Gasteiger partial charge in [-0.15, -0.1) is 0 Å². The number of anilines is 2. The normalized spacial score (nSPS) is 19.4. The monoisotopic (exact) mass is 633 g/mol.